The van der Waals surface area contributed by atoms with E-state index in [1.807, 2.05) is 72.8 Å². The highest BCUT2D eigenvalue weighted by atomic mass is 16.2. The molecule has 3 aromatic carbocycles. The fraction of sp³-hybridized carbons (Fsp3) is 0. The third kappa shape index (κ3) is 5.42. The minimum atomic E-state index is -0.477. The predicted molar refractivity (Wildman–Crippen MR) is 171 cm³/mol. The average Bonchev–Trinajstić information content (AvgIpc) is 3.07. The van der Waals surface area contributed by atoms with Gasteiger partial charge in [0.25, 0.3) is 11.8 Å². The van der Waals surface area contributed by atoms with Gasteiger partial charge in [0.15, 0.2) is 0 Å². The lowest BCUT2D eigenvalue weighted by Gasteiger charge is -2.07. The third-order valence-corrected chi connectivity index (χ3v) is 7.00. The number of nitrogens with zero attached hydrogens (tertiary/aromatic N) is 6. The number of carbonyl (C=O) groups is 2. The standard InChI is InChI=1S/C34H22N8O2/c43-33(41-37-19-21-5-11-27-25(17-21)3-1-15-35-27)29-13-9-23-7-8-24-10-14-30(40-32(24)31(23)39-29)34(44)42-38-20-22-6-12-28-26(18-22)4-2-16-36-28/h1-20H,(H,41,43)(H,42,44)/b37-19+,38-20+. The molecule has 2 amide bonds. The van der Waals surface area contributed by atoms with Crippen LogP contribution in [0, 0.1) is 0 Å². The molecule has 4 aromatic heterocycles. The highest BCUT2D eigenvalue weighted by Crippen LogP contribution is 2.23. The summed E-state index contributed by atoms with van der Waals surface area (Å²) in [7, 11) is 0. The molecule has 0 atom stereocenters. The van der Waals surface area contributed by atoms with Crippen molar-refractivity contribution in [3.05, 3.63) is 132 Å². The predicted octanol–water partition coefficient (Wildman–Crippen LogP) is 5.41. The molecule has 210 valence electrons. The molecule has 2 N–H and O–H groups in total. The van der Waals surface area contributed by atoms with Gasteiger partial charge in [0.05, 0.1) is 34.5 Å². The molecule has 0 radical (unpaired) electrons. The van der Waals surface area contributed by atoms with E-state index in [2.05, 4.69) is 41.0 Å². The SMILES string of the molecule is O=C(N/N=C/c1ccc2ncccc2c1)c1ccc2ccc3ccc(C(=O)N/N=C/c4ccc5ncccc5c4)nc3c2n1. The van der Waals surface area contributed by atoms with Crippen LogP contribution in [0.15, 0.2) is 120 Å². The van der Waals surface area contributed by atoms with Crippen molar-refractivity contribution in [2.75, 3.05) is 0 Å². The molecular weight excluding hydrogens is 552 g/mol. The molecule has 0 saturated carbocycles. The van der Waals surface area contributed by atoms with Crippen LogP contribution < -0.4 is 10.9 Å². The highest BCUT2D eigenvalue weighted by Gasteiger charge is 2.13. The molecule has 0 saturated heterocycles. The van der Waals surface area contributed by atoms with Crippen LogP contribution in [-0.2, 0) is 0 Å². The largest absolute Gasteiger partial charge is 0.289 e. The molecule has 0 unspecified atom stereocenters. The number of amides is 2. The zero-order valence-corrected chi connectivity index (χ0v) is 23.0. The van der Waals surface area contributed by atoms with Crippen LogP contribution in [0.4, 0.5) is 0 Å². The second-order valence-electron chi connectivity index (χ2n) is 9.91. The number of pyridine rings is 4. The Morgan fingerprint density at radius 3 is 1.48 bits per heavy atom. The average molecular weight is 575 g/mol. The summed E-state index contributed by atoms with van der Waals surface area (Å²) in [6.07, 6.45) is 6.60. The van der Waals surface area contributed by atoms with Crippen molar-refractivity contribution in [2.45, 2.75) is 0 Å². The van der Waals surface area contributed by atoms with Crippen LogP contribution in [0.25, 0.3) is 43.6 Å². The van der Waals surface area contributed by atoms with Crippen molar-refractivity contribution >= 4 is 67.9 Å². The Bertz CT molecular complexity index is 2140. The van der Waals surface area contributed by atoms with Crippen molar-refractivity contribution in [3.63, 3.8) is 0 Å². The number of nitrogens with one attached hydrogen (secondary N) is 2. The normalized spacial score (nSPS) is 11.6. The van der Waals surface area contributed by atoms with Crippen LogP contribution in [0.3, 0.4) is 0 Å². The molecule has 7 aromatic rings. The van der Waals surface area contributed by atoms with E-state index in [4.69, 9.17) is 0 Å². The number of hydrogen-bond donors (Lipinski definition) is 2. The quantitative estimate of drug-likeness (QED) is 0.155. The Balaban J connectivity index is 1.09. The van der Waals surface area contributed by atoms with Gasteiger partial charge in [-0.15, -0.1) is 0 Å². The Kier molecular flexibility index (Phi) is 6.89. The molecule has 10 nitrogen and oxygen atoms in total. The van der Waals surface area contributed by atoms with E-state index >= 15 is 0 Å². The molecule has 0 fully saturated rings. The summed E-state index contributed by atoms with van der Waals surface area (Å²) in [5, 5.41) is 11.7. The van der Waals surface area contributed by atoms with Crippen molar-refractivity contribution in [2.24, 2.45) is 10.2 Å². The monoisotopic (exact) mass is 574 g/mol. The van der Waals surface area contributed by atoms with Crippen molar-refractivity contribution in [3.8, 4) is 0 Å². The fourth-order valence-electron chi connectivity index (χ4n) is 4.81. The number of fused-ring (bicyclic) bond motifs is 5. The summed E-state index contributed by atoms with van der Waals surface area (Å²) >= 11 is 0. The smallest absolute Gasteiger partial charge is 0.266 e. The van der Waals surface area contributed by atoms with Gasteiger partial charge in [-0.3, -0.25) is 19.6 Å². The Hall–Kier alpha value is -6.42. The summed E-state index contributed by atoms with van der Waals surface area (Å²) in [6, 6.07) is 29.7. The topological polar surface area (TPSA) is 134 Å². The number of hydrazone groups is 2. The molecule has 0 aliphatic heterocycles. The van der Waals surface area contributed by atoms with E-state index in [9.17, 15) is 9.59 Å². The van der Waals surface area contributed by atoms with Crippen molar-refractivity contribution in [1.29, 1.82) is 0 Å². The van der Waals surface area contributed by atoms with Gasteiger partial charge in [-0.2, -0.15) is 10.2 Å². The minimum absolute atomic E-state index is 0.164. The zero-order valence-electron chi connectivity index (χ0n) is 23.0. The zero-order chi connectivity index (χ0) is 29.9. The first kappa shape index (κ1) is 26.5. The molecular formula is C34H22N8O2. The second-order valence-corrected chi connectivity index (χ2v) is 9.91. The first-order chi connectivity index (χ1) is 21.6. The Morgan fingerprint density at radius 2 is 1.00 bits per heavy atom. The Morgan fingerprint density at radius 1 is 0.545 bits per heavy atom. The lowest BCUT2D eigenvalue weighted by molar-refractivity contribution is 0.0942. The Labute approximate surface area is 250 Å². The minimum Gasteiger partial charge on any atom is -0.266 e. The maximum atomic E-state index is 12.9. The van der Waals surface area contributed by atoms with E-state index in [0.29, 0.717) is 11.0 Å². The van der Waals surface area contributed by atoms with E-state index in [0.717, 1.165) is 43.7 Å². The number of benzene rings is 3. The van der Waals surface area contributed by atoms with Gasteiger partial charge in [0.2, 0.25) is 0 Å². The molecule has 7 rings (SSSR count). The summed E-state index contributed by atoms with van der Waals surface area (Å²) in [5.74, 6) is -0.953. The second kappa shape index (κ2) is 11.5. The molecule has 44 heavy (non-hydrogen) atoms. The molecule has 0 aliphatic carbocycles. The van der Waals surface area contributed by atoms with Gasteiger partial charge in [-0.25, -0.2) is 20.8 Å². The maximum Gasteiger partial charge on any atom is 0.289 e. The van der Waals surface area contributed by atoms with E-state index in [1.54, 1.807) is 49.1 Å². The number of carbonyl (C=O) groups excluding carboxylic acids is 2. The summed E-state index contributed by atoms with van der Waals surface area (Å²) < 4.78 is 0. The van der Waals surface area contributed by atoms with Crippen molar-refractivity contribution in [1.82, 2.24) is 30.8 Å². The molecule has 0 aliphatic rings. The fourth-order valence-corrected chi connectivity index (χ4v) is 4.81. The van der Waals surface area contributed by atoms with Crippen LogP contribution in [0.2, 0.25) is 0 Å². The van der Waals surface area contributed by atoms with Gasteiger partial charge in [0, 0.05) is 33.9 Å². The van der Waals surface area contributed by atoms with Gasteiger partial charge in [-0.1, -0.05) is 48.5 Å². The molecule has 4 heterocycles. The summed E-state index contributed by atoms with van der Waals surface area (Å²) in [4.78, 5) is 43.6. The maximum absolute atomic E-state index is 12.9. The van der Waals surface area contributed by atoms with E-state index < -0.39 is 11.8 Å². The van der Waals surface area contributed by atoms with Crippen LogP contribution in [-0.4, -0.2) is 44.2 Å². The lowest BCUT2D eigenvalue weighted by atomic mass is 10.1. The first-order valence-electron chi connectivity index (χ1n) is 13.7. The molecule has 0 bridgehead atoms. The number of hydrogen-bond acceptors (Lipinski definition) is 8. The molecule has 10 heteroatoms. The lowest BCUT2D eigenvalue weighted by Crippen LogP contribution is -2.19. The van der Waals surface area contributed by atoms with Gasteiger partial charge < -0.3 is 0 Å². The van der Waals surface area contributed by atoms with Gasteiger partial charge in [0.1, 0.15) is 11.4 Å². The first-order valence-corrected chi connectivity index (χ1v) is 13.7. The van der Waals surface area contributed by atoms with E-state index in [1.165, 1.54) is 0 Å². The summed E-state index contributed by atoms with van der Waals surface area (Å²) in [5.41, 5.74) is 9.76. The molecule has 0 spiro atoms. The van der Waals surface area contributed by atoms with E-state index in [-0.39, 0.29) is 11.4 Å². The number of rotatable bonds is 6. The van der Waals surface area contributed by atoms with Crippen LogP contribution in [0.1, 0.15) is 32.1 Å². The van der Waals surface area contributed by atoms with Gasteiger partial charge >= 0.3 is 0 Å². The van der Waals surface area contributed by atoms with Crippen LogP contribution in [0.5, 0.6) is 0 Å². The third-order valence-electron chi connectivity index (χ3n) is 7.00. The van der Waals surface area contributed by atoms with Crippen molar-refractivity contribution < 1.29 is 9.59 Å². The number of aromatic nitrogens is 4. The van der Waals surface area contributed by atoms with Crippen LogP contribution >= 0.6 is 0 Å². The van der Waals surface area contributed by atoms with Gasteiger partial charge in [-0.05, 0) is 59.7 Å². The highest BCUT2D eigenvalue weighted by molar-refractivity contribution is 6.06. The summed E-state index contributed by atoms with van der Waals surface area (Å²) in [6.45, 7) is 0.